The van der Waals surface area contributed by atoms with Crippen molar-refractivity contribution in [3.63, 3.8) is 0 Å². The van der Waals surface area contributed by atoms with E-state index in [0.29, 0.717) is 5.92 Å². The summed E-state index contributed by atoms with van der Waals surface area (Å²) in [6.07, 6.45) is 2.61. The maximum atomic E-state index is 10.3. The van der Waals surface area contributed by atoms with Crippen LogP contribution in [0, 0.1) is 5.92 Å². The van der Waals surface area contributed by atoms with E-state index in [-0.39, 0.29) is 0 Å². The molecule has 0 spiro atoms. The number of hydrogen-bond donors (Lipinski definition) is 1. The van der Waals surface area contributed by atoms with E-state index in [1.807, 2.05) is 24.3 Å². The van der Waals surface area contributed by atoms with Crippen LogP contribution in [-0.2, 0) is 5.60 Å². The predicted octanol–water partition coefficient (Wildman–Crippen LogP) is 2.46. The fraction of sp³-hybridized carbons (Fsp3) is 0.308. The molecule has 1 aliphatic carbocycles. The van der Waals surface area contributed by atoms with Gasteiger partial charge in [0.25, 0.3) is 0 Å². The fourth-order valence-corrected chi connectivity index (χ4v) is 2.20. The number of aliphatic hydroxyl groups is 1. The van der Waals surface area contributed by atoms with Crippen molar-refractivity contribution in [1.29, 1.82) is 0 Å². The van der Waals surface area contributed by atoms with Gasteiger partial charge < -0.3 is 5.11 Å². The molecule has 1 aliphatic rings. The normalized spacial score (nSPS) is 29.3. The summed E-state index contributed by atoms with van der Waals surface area (Å²) in [6, 6.07) is 10.1. The minimum absolute atomic E-state index is 0.329. The topological polar surface area (TPSA) is 33.1 Å². The van der Waals surface area contributed by atoms with Crippen LogP contribution < -0.4 is 0 Å². The number of fused-ring (bicyclic) bond motifs is 1. The second kappa shape index (κ2) is 2.80. The lowest BCUT2D eigenvalue weighted by Gasteiger charge is -2.11. The summed E-state index contributed by atoms with van der Waals surface area (Å²) < 4.78 is 0. The maximum absolute atomic E-state index is 10.3. The molecule has 0 aliphatic heterocycles. The van der Waals surface area contributed by atoms with Gasteiger partial charge in [-0.1, -0.05) is 31.2 Å². The maximum Gasteiger partial charge on any atom is 0.110 e. The van der Waals surface area contributed by atoms with Crippen molar-refractivity contribution in [3.05, 3.63) is 42.2 Å². The second-order valence-electron chi connectivity index (χ2n) is 4.41. The Bertz CT molecular complexity index is 517. The lowest BCUT2D eigenvalue weighted by Crippen LogP contribution is -2.10. The lowest BCUT2D eigenvalue weighted by molar-refractivity contribution is 0.131. The quantitative estimate of drug-likeness (QED) is 0.765. The standard InChI is InChI=1S/C13H13NO/c1-9-8-13(9,15)12-11-5-3-2-4-10(11)6-7-14-12/h2-7,9,15H,8H2,1H3. The smallest absolute Gasteiger partial charge is 0.110 e. The van der Waals surface area contributed by atoms with Crippen LogP contribution in [0.15, 0.2) is 36.5 Å². The summed E-state index contributed by atoms with van der Waals surface area (Å²) in [5.41, 5.74) is 0.161. The summed E-state index contributed by atoms with van der Waals surface area (Å²) in [5.74, 6) is 0.329. The lowest BCUT2D eigenvalue weighted by atomic mass is 10.0. The van der Waals surface area contributed by atoms with Crippen molar-refractivity contribution in [3.8, 4) is 0 Å². The molecule has 0 bridgehead atoms. The van der Waals surface area contributed by atoms with E-state index >= 15 is 0 Å². The first-order valence-electron chi connectivity index (χ1n) is 5.28. The van der Waals surface area contributed by atoms with Gasteiger partial charge in [-0.25, -0.2) is 0 Å². The number of nitrogens with zero attached hydrogens (tertiary/aromatic N) is 1. The summed E-state index contributed by atoms with van der Waals surface area (Å²) in [6.45, 7) is 2.06. The van der Waals surface area contributed by atoms with E-state index < -0.39 is 5.60 Å². The highest BCUT2D eigenvalue weighted by atomic mass is 16.3. The zero-order valence-corrected chi connectivity index (χ0v) is 8.64. The molecule has 76 valence electrons. The minimum atomic E-state index is -0.680. The van der Waals surface area contributed by atoms with Crippen LogP contribution in [0.5, 0.6) is 0 Å². The molecular formula is C13H13NO. The molecule has 2 unspecified atom stereocenters. The van der Waals surface area contributed by atoms with Crippen molar-refractivity contribution in [1.82, 2.24) is 4.98 Å². The summed E-state index contributed by atoms with van der Waals surface area (Å²) in [7, 11) is 0. The Morgan fingerprint density at radius 3 is 2.80 bits per heavy atom. The summed E-state index contributed by atoms with van der Waals surface area (Å²) in [5, 5.41) is 12.5. The number of benzene rings is 1. The largest absolute Gasteiger partial charge is 0.383 e. The Morgan fingerprint density at radius 2 is 2.07 bits per heavy atom. The Kier molecular flexibility index (Phi) is 1.65. The van der Waals surface area contributed by atoms with Gasteiger partial charge in [0.15, 0.2) is 0 Å². The SMILES string of the molecule is CC1CC1(O)c1nccc2ccccc12. The highest BCUT2D eigenvalue weighted by Crippen LogP contribution is 2.52. The van der Waals surface area contributed by atoms with Gasteiger partial charge in [0.1, 0.15) is 5.60 Å². The molecule has 0 saturated heterocycles. The van der Waals surface area contributed by atoms with Crippen LogP contribution >= 0.6 is 0 Å². The van der Waals surface area contributed by atoms with E-state index in [4.69, 9.17) is 0 Å². The third kappa shape index (κ3) is 1.18. The molecule has 0 radical (unpaired) electrons. The molecule has 1 N–H and O–H groups in total. The van der Waals surface area contributed by atoms with Gasteiger partial charge in [0.2, 0.25) is 0 Å². The molecule has 0 amide bonds. The molecule has 2 heteroatoms. The second-order valence-corrected chi connectivity index (χ2v) is 4.41. The van der Waals surface area contributed by atoms with Gasteiger partial charge in [0.05, 0.1) is 5.69 Å². The Morgan fingerprint density at radius 1 is 1.33 bits per heavy atom. The van der Waals surface area contributed by atoms with Crippen LogP contribution in [0.1, 0.15) is 19.0 Å². The van der Waals surface area contributed by atoms with Crippen LogP contribution in [-0.4, -0.2) is 10.1 Å². The molecule has 3 rings (SSSR count). The van der Waals surface area contributed by atoms with E-state index in [0.717, 1.165) is 22.9 Å². The minimum Gasteiger partial charge on any atom is -0.383 e. The first-order chi connectivity index (χ1) is 7.22. The third-order valence-electron chi connectivity index (χ3n) is 3.36. The van der Waals surface area contributed by atoms with Gasteiger partial charge >= 0.3 is 0 Å². The molecule has 1 aromatic heterocycles. The van der Waals surface area contributed by atoms with Crippen molar-refractivity contribution in [2.45, 2.75) is 18.9 Å². The number of hydrogen-bond acceptors (Lipinski definition) is 2. The average molecular weight is 199 g/mol. The first-order valence-corrected chi connectivity index (χ1v) is 5.28. The molecule has 2 nitrogen and oxygen atoms in total. The molecule has 15 heavy (non-hydrogen) atoms. The van der Waals surface area contributed by atoms with Crippen LogP contribution in [0.2, 0.25) is 0 Å². The van der Waals surface area contributed by atoms with Gasteiger partial charge in [-0.2, -0.15) is 0 Å². The van der Waals surface area contributed by atoms with Gasteiger partial charge in [-0.05, 0) is 23.8 Å². The van der Waals surface area contributed by atoms with Crippen molar-refractivity contribution < 1.29 is 5.11 Å². The highest BCUT2D eigenvalue weighted by molar-refractivity contribution is 5.85. The molecule has 1 heterocycles. The van der Waals surface area contributed by atoms with Crippen LogP contribution in [0.25, 0.3) is 10.8 Å². The molecule has 1 aromatic carbocycles. The molecule has 1 saturated carbocycles. The van der Waals surface area contributed by atoms with Crippen molar-refractivity contribution in [2.75, 3.05) is 0 Å². The zero-order valence-electron chi connectivity index (χ0n) is 8.64. The highest BCUT2D eigenvalue weighted by Gasteiger charge is 2.52. The van der Waals surface area contributed by atoms with E-state index in [1.54, 1.807) is 6.20 Å². The van der Waals surface area contributed by atoms with Crippen LogP contribution in [0.3, 0.4) is 0 Å². The molecular weight excluding hydrogens is 186 g/mol. The Balaban J connectivity index is 2.27. The first kappa shape index (κ1) is 8.86. The molecule has 2 atom stereocenters. The number of rotatable bonds is 1. The summed E-state index contributed by atoms with van der Waals surface area (Å²) >= 11 is 0. The Labute approximate surface area is 88.6 Å². The number of pyridine rings is 1. The third-order valence-corrected chi connectivity index (χ3v) is 3.36. The monoisotopic (exact) mass is 199 g/mol. The number of aromatic nitrogens is 1. The van der Waals surface area contributed by atoms with Crippen molar-refractivity contribution in [2.24, 2.45) is 5.92 Å². The fourth-order valence-electron chi connectivity index (χ4n) is 2.20. The van der Waals surface area contributed by atoms with Crippen LogP contribution in [0.4, 0.5) is 0 Å². The molecule has 1 fully saturated rings. The zero-order chi connectivity index (χ0) is 10.5. The Hall–Kier alpha value is -1.41. The van der Waals surface area contributed by atoms with Gasteiger partial charge in [0, 0.05) is 11.6 Å². The summed E-state index contributed by atoms with van der Waals surface area (Å²) in [4.78, 5) is 4.34. The van der Waals surface area contributed by atoms with Gasteiger partial charge in [-0.15, -0.1) is 0 Å². The van der Waals surface area contributed by atoms with E-state index in [9.17, 15) is 5.11 Å². The van der Waals surface area contributed by atoms with E-state index in [2.05, 4.69) is 18.0 Å². The molecule has 2 aromatic rings. The van der Waals surface area contributed by atoms with Gasteiger partial charge in [-0.3, -0.25) is 4.98 Å². The van der Waals surface area contributed by atoms with Crippen molar-refractivity contribution >= 4 is 10.8 Å². The predicted molar refractivity (Wildman–Crippen MR) is 59.4 cm³/mol. The average Bonchev–Trinajstić information content (AvgIpc) is 2.87. The van der Waals surface area contributed by atoms with E-state index in [1.165, 1.54) is 0 Å².